The van der Waals surface area contributed by atoms with Gasteiger partial charge in [0, 0.05) is 11.8 Å². The summed E-state index contributed by atoms with van der Waals surface area (Å²) in [5.74, 6) is 0.524. The number of para-hydroxylation sites is 1. The molecule has 1 aromatic carbocycles. The topological polar surface area (TPSA) is 96.2 Å². The van der Waals surface area contributed by atoms with Gasteiger partial charge in [0.15, 0.2) is 0 Å². The molecule has 6 atom stereocenters. The van der Waals surface area contributed by atoms with Crippen LogP contribution in [0.25, 0.3) is 0 Å². The lowest BCUT2D eigenvalue weighted by atomic mass is 9.87. The van der Waals surface area contributed by atoms with E-state index < -0.39 is 18.2 Å². The minimum atomic E-state index is -0.961. The van der Waals surface area contributed by atoms with Crippen LogP contribution in [0.15, 0.2) is 54.1 Å². The molecule has 0 aliphatic heterocycles. The molecule has 2 aliphatic carbocycles. The molecule has 3 N–H and O–H groups in total. The van der Waals surface area contributed by atoms with Crippen LogP contribution in [0.5, 0.6) is 5.75 Å². The minimum Gasteiger partial charge on any atom is -0.491 e. The van der Waals surface area contributed by atoms with E-state index in [9.17, 15) is 15.0 Å². The van der Waals surface area contributed by atoms with E-state index in [4.69, 9.17) is 14.6 Å². The predicted molar refractivity (Wildman–Crippen MR) is 108 cm³/mol. The van der Waals surface area contributed by atoms with Crippen molar-refractivity contribution in [2.75, 3.05) is 19.8 Å². The molecule has 6 nitrogen and oxygen atoms in total. The molecule has 0 radical (unpaired) electrons. The van der Waals surface area contributed by atoms with Gasteiger partial charge in [-0.2, -0.15) is 0 Å². The van der Waals surface area contributed by atoms with Crippen LogP contribution in [-0.2, 0) is 9.53 Å². The van der Waals surface area contributed by atoms with Crippen LogP contribution in [-0.4, -0.2) is 53.3 Å². The summed E-state index contributed by atoms with van der Waals surface area (Å²) in [5.41, 5.74) is 1.27. The molecule has 1 saturated carbocycles. The van der Waals surface area contributed by atoms with E-state index in [0.717, 1.165) is 6.42 Å². The van der Waals surface area contributed by atoms with Crippen LogP contribution >= 0.6 is 0 Å². The number of ether oxygens (including phenoxy) is 2. The summed E-state index contributed by atoms with van der Waals surface area (Å²) < 4.78 is 10.8. The van der Waals surface area contributed by atoms with Gasteiger partial charge in [-0.3, -0.25) is 0 Å². The van der Waals surface area contributed by atoms with Gasteiger partial charge in [-0.15, -0.1) is 0 Å². The maximum atomic E-state index is 10.6. The third-order valence-electron chi connectivity index (χ3n) is 5.85. The van der Waals surface area contributed by atoms with Crippen LogP contribution in [0.2, 0.25) is 0 Å². The Hall–Kier alpha value is -2.15. The number of rotatable bonds is 10. The van der Waals surface area contributed by atoms with Crippen LogP contribution < -0.4 is 4.74 Å². The number of fused-ring (bicyclic) bond motifs is 1. The van der Waals surface area contributed by atoms with E-state index in [-0.39, 0.29) is 25.0 Å². The van der Waals surface area contributed by atoms with Crippen LogP contribution in [0.3, 0.4) is 0 Å². The van der Waals surface area contributed by atoms with Crippen LogP contribution in [0.1, 0.15) is 19.8 Å². The van der Waals surface area contributed by atoms with Gasteiger partial charge in [-0.25, -0.2) is 4.79 Å². The van der Waals surface area contributed by atoms with Crippen molar-refractivity contribution in [1.82, 2.24) is 0 Å². The van der Waals surface area contributed by atoms with Crippen LogP contribution in [0.4, 0.5) is 0 Å². The molecule has 1 fully saturated rings. The van der Waals surface area contributed by atoms with Crippen molar-refractivity contribution >= 4 is 5.97 Å². The maximum Gasteiger partial charge on any atom is 0.329 e. The number of carboxylic acid groups (broad SMARTS) is 1. The van der Waals surface area contributed by atoms with Crippen LogP contribution in [0, 0.1) is 23.7 Å². The Kier molecular flexibility index (Phi) is 7.47. The maximum absolute atomic E-state index is 10.6. The molecule has 0 saturated heterocycles. The zero-order valence-electron chi connectivity index (χ0n) is 16.7. The zero-order chi connectivity index (χ0) is 20.8. The fraction of sp³-hybridized carbons (Fsp3) is 0.522. The first-order valence-corrected chi connectivity index (χ1v) is 10.2. The first-order chi connectivity index (χ1) is 13.9. The van der Waals surface area contributed by atoms with Crippen molar-refractivity contribution in [2.45, 2.75) is 32.0 Å². The number of carbonyl (C=O) groups is 1. The molecular weight excluding hydrogens is 372 g/mol. The second-order valence-electron chi connectivity index (χ2n) is 8.04. The normalized spacial score (nSPS) is 28.2. The fourth-order valence-electron chi connectivity index (χ4n) is 4.35. The van der Waals surface area contributed by atoms with E-state index in [1.54, 1.807) is 6.08 Å². The van der Waals surface area contributed by atoms with Gasteiger partial charge in [0.25, 0.3) is 0 Å². The van der Waals surface area contributed by atoms with E-state index >= 15 is 0 Å². The summed E-state index contributed by atoms with van der Waals surface area (Å²) >= 11 is 0. The van der Waals surface area contributed by atoms with Gasteiger partial charge in [-0.1, -0.05) is 48.9 Å². The molecule has 1 aromatic rings. The number of carboxylic acids is 1. The first kappa shape index (κ1) is 21.6. The Morgan fingerprint density at radius 2 is 2.03 bits per heavy atom. The lowest BCUT2D eigenvalue weighted by Crippen LogP contribution is -2.20. The van der Waals surface area contributed by atoms with Gasteiger partial charge < -0.3 is 24.8 Å². The predicted octanol–water partition coefficient (Wildman–Crippen LogP) is 2.66. The lowest BCUT2D eigenvalue weighted by Gasteiger charge is -2.20. The van der Waals surface area contributed by atoms with Crippen molar-refractivity contribution in [1.29, 1.82) is 0 Å². The fourth-order valence-corrected chi connectivity index (χ4v) is 4.35. The molecular formula is C23H30O6. The number of allylic oxidation sites excluding steroid dienone is 1. The Morgan fingerprint density at radius 1 is 1.28 bits per heavy atom. The molecule has 3 rings (SSSR count). The molecule has 6 heteroatoms. The number of hydrogen-bond acceptors (Lipinski definition) is 5. The van der Waals surface area contributed by atoms with Gasteiger partial charge >= 0.3 is 5.97 Å². The van der Waals surface area contributed by atoms with Gasteiger partial charge in [-0.05, 0) is 36.8 Å². The lowest BCUT2D eigenvalue weighted by molar-refractivity contribution is -0.142. The Bertz CT molecular complexity index is 728. The first-order valence-electron chi connectivity index (χ1n) is 10.2. The highest BCUT2D eigenvalue weighted by Crippen LogP contribution is 2.48. The third-order valence-corrected chi connectivity index (χ3v) is 5.85. The van der Waals surface area contributed by atoms with Gasteiger partial charge in [0.1, 0.15) is 25.1 Å². The molecule has 4 unspecified atom stereocenters. The second-order valence-corrected chi connectivity index (χ2v) is 8.04. The van der Waals surface area contributed by atoms with E-state index in [1.165, 1.54) is 5.57 Å². The molecule has 0 amide bonds. The molecule has 0 heterocycles. The van der Waals surface area contributed by atoms with E-state index in [2.05, 4.69) is 6.08 Å². The summed E-state index contributed by atoms with van der Waals surface area (Å²) in [6.07, 6.45) is 6.30. The van der Waals surface area contributed by atoms with Gasteiger partial charge in [0.2, 0.25) is 0 Å². The third kappa shape index (κ3) is 5.92. The SMILES string of the molecule is CC(COCC(=O)O)C1=CC2C[C@@H](O)[C@H](/C=C/C(O)COc3ccccc3)C2C1. The average Bonchev–Trinajstić information content (AvgIpc) is 3.22. The van der Waals surface area contributed by atoms with Gasteiger partial charge in [0.05, 0.1) is 12.7 Å². The van der Waals surface area contributed by atoms with Crippen molar-refractivity contribution in [3.05, 3.63) is 54.1 Å². The second kappa shape index (κ2) is 10.1. The Balaban J connectivity index is 1.50. The van der Waals surface area contributed by atoms with Crippen molar-refractivity contribution in [3.8, 4) is 5.75 Å². The monoisotopic (exact) mass is 402 g/mol. The zero-order valence-corrected chi connectivity index (χ0v) is 16.7. The molecule has 29 heavy (non-hydrogen) atoms. The molecule has 0 bridgehead atoms. The summed E-state index contributed by atoms with van der Waals surface area (Å²) in [5, 5.41) is 29.4. The largest absolute Gasteiger partial charge is 0.491 e. The highest BCUT2D eigenvalue weighted by molar-refractivity contribution is 5.67. The number of hydrogen-bond donors (Lipinski definition) is 3. The Morgan fingerprint density at radius 3 is 2.76 bits per heavy atom. The molecule has 0 aromatic heterocycles. The summed E-state index contributed by atoms with van der Waals surface area (Å²) in [4.78, 5) is 10.6. The summed E-state index contributed by atoms with van der Waals surface area (Å²) in [6, 6.07) is 9.35. The number of aliphatic hydroxyl groups is 2. The summed E-state index contributed by atoms with van der Waals surface area (Å²) in [6.45, 7) is 2.31. The highest BCUT2D eigenvalue weighted by Gasteiger charge is 2.44. The van der Waals surface area contributed by atoms with Crippen molar-refractivity contribution < 1.29 is 29.6 Å². The number of benzene rings is 1. The standard InChI is InChI=1S/C23H30O6/c1-15(12-28-14-23(26)27)16-9-17-11-22(25)20(21(17)10-16)8-7-18(24)13-29-19-5-3-2-4-6-19/h2-9,15,17-18,20-22,24-25H,10-14H2,1H3,(H,26,27)/b8-7+/t15?,17?,18?,20-,21?,22-/m1/s1. The molecule has 2 aliphatic rings. The smallest absolute Gasteiger partial charge is 0.329 e. The highest BCUT2D eigenvalue weighted by atomic mass is 16.5. The molecule has 0 spiro atoms. The van der Waals surface area contributed by atoms with Crippen molar-refractivity contribution in [2.24, 2.45) is 23.7 Å². The minimum absolute atomic E-state index is 0.00716. The average molecular weight is 402 g/mol. The van der Waals surface area contributed by atoms with Crippen molar-refractivity contribution in [3.63, 3.8) is 0 Å². The number of aliphatic hydroxyl groups excluding tert-OH is 2. The summed E-state index contributed by atoms with van der Waals surface area (Å²) in [7, 11) is 0. The van der Waals surface area contributed by atoms with E-state index in [0.29, 0.717) is 30.6 Å². The molecule has 158 valence electrons. The quantitative estimate of drug-likeness (QED) is 0.521. The Labute approximate surface area is 171 Å². The number of aliphatic carboxylic acids is 1. The van der Waals surface area contributed by atoms with E-state index in [1.807, 2.05) is 43.3 Å².